The highest BCUT2D eigenvalue weighted by Crippen LogP contribution is 2.27. The Morgan fingerprint density at radius 3 is 2.04 bits per heavy atom. The van der Waals surface area contributed by atoms with Crippen molar-refractivity contribution in [3.63, 3.8) is 0 Å². The number of nitrogens with zero attached hydrogens (tertiary/aromatic N) is 1. The minimum absolute atomic E-state index is 0.0686. The molecule has 0 radical (unpaired) electrons. The van der Waals surface area contributed by atoms with Gasteiger partial charge in [0.05, 0.1) is 11.1 Å². The number of carbonyl (C=O) groups is 4. The molecule has 2 unspecified atom stereocenters. The third-order valence-corrected chi connectivity index (χ3v) is 4.18. The maximum atomic E-state index is 12.7. The number of carboxylic acid groups (broad SMARTS) is 1. The summed E-state index contributed by atoms with van der Waals surface area (Å²) in [5.74, 6) is -2.64. The number of fused-ring (bicyclic) bond motifs is 1. The minimum Gasteiger partial charge on any atom is -0.481 e. The Balaban J connectivity index is 2.19. The fourth-order valence-electron chi connectivity index (χ4n) is 2.92. The smallest absolute Gasteiger partial charge is 0.303 e. The lowest BCUT2D eigenvalue weighted by molar-refractivity contribution is -0.137. The van der Waals surface area contributed by atoms with Gasteiger partial charge in [-0.25, -0.2) is 0 Å². The molecule has 2 rings (SSSR count). The van der Waals surface area contributed by atoms with Crippen LogP contribution in [0.5, 0.6) is 0 Å². The van der Waals surface area contributed by atoms with Gasteiger partial charge in [0.2, 0.25) is 5.91 Å². The van der Waals surface area contributed by atoms with E-state index in [0.29, 0.717) is 11.1 Å². The van der Waals surface area contributed by atoms with Crippen LogP contribution in [0.4, 0.5) is 0 Å². The van der Waals surface area contributed by atoms with E-state index in [2.05, 4.69) is 5.32 Å². The van der Waals surface area contributed by atoms with Crippen LogP contribution in [-0.4, -0.2) is 45.8 Å². The number of imide groups is 1. The first-order valence-corrected chi connectivity index (χ1v) is 8.23. The minimum atomic E-state index is -0.945. The van der Waals surface area contributed by atoms with Crippen molar-refractivity contribution in [2.75, 3.05) is 0 Å². The second-order valence-electron chi connectivity index (χ2n) is 6.56. The van der Waals surface area contributed by atoms with Gasteiger partial charge in [0.1, 0.15) is 6.04 Å². The summed E-state index contributed by atoms with van der Waals surface area (Å²) in [6.45, 7) is 5.21. The molecule has 0 bridgehead atoms. The molecule has 0 aromatic heterocycles. The van der Waals surface area contributed by atoms with Crippen LogP contribution in [0.2, 0.25) is 0 Å². The SMILES string of the molecule is CC(CCC(=O)O)NC(=O)C(C(C)C)N1C(=O)c2ccccc2C1=O. The summed E-state index contributed by atoms with van der Waals surface area (Å²) in [6.07, 6.45) is 0.203. The van der Waals surface area contributed by atoms with Crippen molar-refractivity contribution in [1.82, 2.24) is 10.2 Å². The highest BCUT2D eigenvalue weighted by Gasteiger charge is 2.43. The van der Waals surface area contributed by atoms with E-state index in [0.717, 1.165) is 4.90 Å². The molecular weight excluding hydrogens is 324 g/mol. The zero-order valence-corrected chi connectivity index (χ0v) is 14.5. The first-order chi connectivity index (χ1) is 11.7. The summed E-state index contributed by atoms with van der Waals surface area (Å²) in [5, 5.41) is 11.4. The van der Waals surface area contributed by atoms with E-state index in [4.69, 9.17) is 5.11 Å². The molecule has 0 aliphatic carbocycles. The lowest BCUT2D eigenvalue weighted by Gasteiger charge is -2.29. The number of amides is 3. The Labute approximate surface area is 146 Å². The molecular formula is C18H22N2O5. The molecule has 134 valence electrons. The van der Waals surface area contributed by atoms with E-state index in [9.17, 15) is 19.2 Å². The van der Waals surface area contributed by atoms with Crippen molar-refractivity contribution < 1.29 is 24.3 Å². The molecule has 7 nitrogen and oxygen atoms in total. The Hall–Kier alpha value is -2.70. The van der Waals surface area contributed by atoms with E-state index >= 15 is 0 Å². The Kier molecular flexibility index (Phi) is 5.56. The van der Waals surface area contributed by atoms with Crippen LogP contribution in [0.15, 0.2) is 24.3 Å². The molecule has 2 N–H and O–H groups in total. The maximum Gasteiger partial charge on any atom is 0.303 e. The average Bonchev–Trinajstić information content (AvgIpc) is 2.78. The molecule has 1 heterocycles. The normalized spacial score (nSPS) is 15.9. The average molecular weight is 346 g/mol. The molecule has 0 saturated carbocycles. The number of carbonyl (C=O) groups excluding carboxylic acids is 3. The zero-order chi connectivity index (χ0) is 18.7. The molecule has 0 saturated heterocycles. The summed E-state index contributed by atoms with van der Waals surface area (Å²) < 4.78 is 0. The summed E-state index contributed by atoms with van der Waals surface area (Å²) >= 11 is 0. The van der Waals surface area contributed by atoms with Gasteiger partial charge in [0.25, 0.3) is 11.8 Å². The van der Waals surface area contributed by atoms with Crippen molar-refractivity contribution >= 4 is 23.7 Å². The molecule has 1 aromatic carbocycles. The number of nitrogens with one attached hydrogen (secondary N) is 1. The third-order valence-electron chi connectivity index (χ3n) is 4.18. The highest BCUT2D eigenvalue weighted by molar-refractivity contribution is 6.22. The van der Waals surface area contributed by atoms with Gasteiger partial charge in [0.15, 0.2) is 0 Å². The zero-order valence-electron chi connectivity index (χ0n) is 14.5. The topological polar surface area (TPSA) is 104 Å². The van der Waals surface area contributed by atoms with Gasteiger partial charge in [-0.05, 0) is 31.4 Å². The second-order valence-corrected chi connectivity index (χ2v) is 6.56. The van der Waals surface area contributed by atoms with Crippen LogP contribution in [0.25, 0.3) is 0 Å². The van der Waals surface area contributed by atoms with E-state index in [1.807, 2.05) is 0 Å². The maximum absolute atomic E-state index is 12.7. The molecule has 1 aromatic rings. The van der Waals surface area contributed by atoms with E-state index in [1.54, 1.807) is 45.0 Å². The van der Waals surface area contributed by atoms with E-state index in [-0.39, 0.29) is 24.8 Å². The van der Waals surface area contributed by atoms with Gasteiger partial charge < -0.3 is 10.4 Å². The fourth-order valence-corrected chi connectivity index (χ4v) is 2.92. The van der Waals surface area contributed by atoms with Crippen LogP contribution in [0, 0.1) is 5.92 Å². The molecule has 2 atom stereocenters. The van der Waals surface area contributed by atoms with Crippen LogP contribution in [0.1, 0.15) is 54.3 Å². The van der Waals surface area contributed by atoms with Gasteiger partial charge in [0, 0.05) is 12.5 Å². The highest BCUT2D eigenvalue weighted by atomic mass is 16.4. The lowest BCUT2D eigenvalue weighted by Crippen LogP contribution is -2.53. The third kappa shape index (κ3) is 3.87. The first-order valence-electron chi connectivity index (χ1n) is 8.23. The van der Waals surface area contributed by atoms with Gasteiger partial charge in [-0.15, -0.1) is 0 Å². The summed E-state index contributed by atoms with van der Waals surface area (Å²) in [5.41, 5.74) is 0.592. The van der Waals surface area contributed by atoms with Crippen molar-refractivity contribution in [1.29, 1.82) is 0 Å². The van der Waals surface area contributed by atoms with Crippen molar-refractivity contribution in [2.45, 2.75) is 45.7 Å². The van der Waals surface area contributed by atoms with Gasteiger partial charge in [-0.1, -0.05) is 26.0 Å². The Morgan fingerprint density at radius 2 is 1.60 bits per heavy atom. The molecule has 0 fully saturated rings. The Bertz CT molecular complexity index is 678. The van der Waals surface area contributed by atoms with Crippen molar-refractivity contribution in [3.05, 3.63) is 35.4 Å². The van der Waals surface area contributed by atoms with Crippen LogP contribution < -0.4 is 5.32 Å². The van der Waals surface area contributed by atoms with Gasteiger partial charge in [-0.3, -0.25) is 24.1 Å². The largest absolute Gasteiger partial charge is 0.481 e. The van der Waals surface area contributed by atoms with Crippen LogP contribution in [-0.2, 0) is 9.59 Å². The predicted octanol–water partition coefficient (Wildman–Crippen LogP) is 1.68. The lowest BCUT2D eigenvalue weighted by atomic mass is 10.0. The summed E-state index contributed by atoms with van der Waals surface area (Å²) in [6, 6.07) is 5.16. The fraction of sp³-hybridized carbons (Fsp3) is 0.444. The monoisotopic (exact) mass is 346 g/mol. The number of carboxylic acids is 1. The van der Waals surface area contributed by atoms with Crippen molar-refractivity contribution in [2.24, 2.45) is 5.92 Å². The Morgan fingerprint density at radius 1 is 1.08 bits per heavy atom. The van der Waals surface area contributed by atoms with E-state index < -0.39 is 29.7 Å². The molecule has 3 amide bonds. The molecule has 1 aliphatic rings. The van der Waals surface area contributed by atoms with Crippen LogP contribution in [0.3, 0.4) is 0 Å². The van der Waals surface area contributed by atoms with Gasteiger partial charge in [-0.2, -0.15) is 0 Å². The number of hydrogen-bond acceptors (Lipinski definition) is 4. The number of benzene rings is 1. The molecule has 0 spiro atoms. The molecule has 1 aliphatic heterocycles. The summed E-state index contributed by atoms with van der Waals surface area (Å²) in [4.78, 5) is 49.5. The molecule has 25 heavy (non-hydrogen) atoms. The standard InChI is InChI=1S/C18H22N2O5/c1-10(2)15(16(23)19-11(3)8-9-14(21)22)20-17(24)12-6-4-5-7-13(12)18(20)25/h4-7,10-11,15H,8-9H2,1-3H3,(H,19,23)(H,21,22). The first kappa shape index (κ1) is 18.6. The van der Waals surface area contributed by atoms with Crippen molar-refractivity contribution in [3.8, 4) is 0 Å². The number of rotatable bonds is 7. The second kappa shape index (κ2) is 7.46. The predicted molar refractivity (Wildman–Crippen MR) is 90.0 cm³/mol. The number of aliphatic carboxylic acids is 1. The number of hydrogen-bond donors (Lipinski definition) is 2. The summed E-state index contributed by atoms with van der Waals surface area (Å²) in [7, 11) is 0. The van der Waals surface area contributed by atoms with Gasteiger partial charge >= 0.3 is 5.97 Å². The van der Waals surface area contributed by atoms with Crippen LogP contribution >= 0.6 is 0 Å². The van der Waals surface area contributed by atoms with E-state index in [1.165, 1.54) is 0 Å². The molecule has 7 heteroatoms. The quantitative estimate of drug-likeness (QED) is 0.731.